The van der Waals surface area contributed by atoms with E-state index in [0.29, 0.717) is 11.1 Å². The van der Waals surface area contributed by atoms with E-state index in [1.54, 1.807) is 54.7 Å². The second-order valence-electron chi connectivity index (χ2n) is 9.14. The van der Waals surface area contributed by atoms with Gasteiger partial charge in [-0.3, -0.25) is 4.79 Å². The Hall–Kier alpha value is -3.70. The molecule has 0 saturated carbocycles. The Balaban J connectivity index is 1.60. The van der Waals surface area contributed by atoms with Crippen LogP contribution in [0.3, 0.4) is 0 Å². The number of aliphatic hydroxyl groups is 1. The molecule has 0 aromatic heterocycles. The fourth-order valence-electron chi connectivity index (χ4n) is 4.79. The molecule has 174 valence electrons. The number of rotatable bonds is 6. The number of fused-ring (bicyclic) bond motifs is 1. The minimum atomic E-state index is -1.86. The molecule has 1 aliphatic rings. The van der Waals surface area contributed by atoms with Crippen molar-refractivity contribution in [2.24, 2.45) is 5.10 Å². The molecule has 3 aromatic carbocycles. The molecule has 0 unspecified atom stereocenters. The van der Waals surface area contributed by atoms with Gasteiger partial charge in [-0.2, -0.15) is 5.10 Å². The van der Waals surface area contributed by atoms with Crippen molar-refractivity contribution < 1.29 is 9.90 Å². The maximum Gasteiger partial charge on any atom is 0.281 e. The van der Waals surface area contributed by atoms with E-state index in [1.165, 1.54) is 11.3 Å². The van der Waals surface area contributed by atoms with Crippen molar-refractivity contribution in [3.8, 4) is 0 Å². The summed E-state index contributed by atoms with van der Waals surface area (Å²) in [6.45, 7) is 9.62. The number of carbonyl (C=O) groups excluding carboxylic acids is 1. The zero-order valence-corrected chi connectivity index (χ0v) is 20.1. The molecule has 0 bridgehead atoms. The van der Waals surface area contributed by atoms with Gasteiger partial charge in [-0.15, -0.1) is 0 Å². The smallest absolute Gasteiger partial charge is 0.281 e. The lowest BCUT2D eigenvalue weighted by Gasteiger charge is -2.42. The summed E-state index contributed by atoms with van der Waals surface area (Å²) in [7, 11) is 0. The third-order valence-electron chi connectivity index (χ3n) is 6.41. The van der Waals surface area contributed by atoms with Gasteiger partial charge in [0.25, 0.3) is 5.91 Å². The summed E-state index contributed by atoms with van der Waals surface area (Å²) >= 11 is 0. The van der Waals surface area contributed by atoms with Crippen LogP contribution < -0.4 is 10.3 Å². The first-order valence-electron chi connectivity index (χ1n) is 11.6. The van der Waals surface area contributed by atoms with Gasteiger partial charge in [-0.05, 0) is 62.1 Å². The molecule has 34 heavy (non-hydrogen) atoms. The Morgan fingerprint density at radius 2 is 1.62 bits per heavy atom. The first kappa shape index (κ1) is 23.5. The van der Waals surface area contributed by atoms with Crippen LogP contribution in [0.1, 0.15) is 49.9 Å². The molecular formula is C29H31N3O2. The van der Waals surface area contributed by atoms with E-state index in [9.17, 15) is 9.90 Å². The Kier molecular flexibility index (Phi) is 6.40. The van der Waals surface area contributed by atoms with Crippen molar-refractivity contribution in [1.82, 2.24) is 5.43 Å². The molecule has 5 nitrogen and oxygen atoms in total. The predicted octanol–water partition coefficient (Wildman–Crippen LogP) is 5.09. The molecule has 5 heteroatoms. The average Bonchev–Trinajstić information content (AvgIpc) is 2.84. The number of benzene rings is 3. The van der Waals surface area contributed by atoms with Crippen LogP contribution in [0.2, 0.25) is 0 Å². The lowest BCUT2D eigenvalue weighted by Crippen LogP contribution is -2.44. The summed E-state index contributed by atoms with van der Waals surface area (Å²) in [5.41, 5.74) is 6.02. The second-order valence-corrected chi connectivity index (χ2v) is 9.14. The molecule has 0 atom stereocenters. The number of hydrazone groups is 1. The highest BCUT2D eigenvalue weighted by Crippen LogP contribution is 2.38. The second kappa shape index (κ2) is 9.27. The first-order valence-corrected chi connectivity index (χ1v) is 11.6. The van der Waals surface area contributed by atoms with E-state index in [2.05, 4.69) is 61.3 Å². The van der Waals surface area contributed by atoms with Crippen molar-refractivity contribution in [3.05, 3.63) is 107 Å². The zero-order chi connectivity index (χ0) is 24.3. The summed E-state index contributed by atoms with van der Waals surface area (Å²) in [6, 6.07) is 24.0. The molecule has 2 N–H and O–H groups in total. The largest absolute Gasteiger partial charge is 0.372 e. The summed E-state index contributed by atoms with van der Waals surface area (Å²) in [5.74, 6) is -0.617. The fraction of sp³-hybridized carbons (Fsp3) is 0.241. The van der Waals surface area contributed by atoms with Gasteiger partial charge in [0.1, 0.15) is 0 Å². The molecule has 0 saturated heterocycles. The standard InChI is InChI=1S/C29H31N3O2/c1-5-32-26-17-16-22(18-25(26)21(2)19-28(32,3)4)20-30-31-27(33)29(34,23-12-8-6-9-13-23)24-14-10-7-11-15-24/h6-20,34H,5H2,1-4H3,(H,31,33)/b30-20-. The van der Waals surface area contributed by atoms with Gasteiger partial charge in [-0.25, -0.2) is 5.43 Å². The van der Waals surface area contributed by atoms with E-state index >= 15 is 0 Å². The third kappa shape index (κ3) is 4.27. The molecule has 0 spiro atoms. The number of amides is 1. The Bertz CT molecular complexity index is 1190. The number of hydrogen-bond donors (Lipinski definition) is 2. The first-order chi connectivity index (χ1) is 16.3. The van der Waals surface area contributed by atoms with Crippen molar-refractivity contribution in [2.75, 3.05) is 11.4 Å². The van der Waals surface area contributed by atoms with Crippen LogP contribution in [-0.2, 0) is 10.4 Å². The van der Waals surface area contributed by atoms with Gasteiger partial charge in [0, 0.05) is 17.8 Å². The summed E-state index contributed by atoms with van der Waals surface area (Å²) in [4.78, 5) is 15.6. The molecule has 4 rings (SSSR count). The molecule has 3 aromatic rings. The summed E-state index contributed by atoms with van der Waals surface area (Å²) in [5, 5.41) is 15.7. The van der Waals surface area contributed by atoms with Gasteiger partial charge in [0.15, 0.2) is 5.60 Å². The average molecular weight is 454 g/mol. The minimum Gasteiger partial charge on any atom is -0.372 e. The quantitative estimate of drug-likeness (QED) is 0.403. The van der Waals surface area contributed by atoms with E-state index in [-0.39, 0.29) is 5.54 Å². The van der Waals surface area contributed by atoms with Crippen molar-refractivity contribution in [2.45, 2.75) is 38.8 Å². The third-order valence-corrected chi connectivity index (χ3v) is 6.41. The highest BCUT2D eigenvalue weighted by atomic mass is 16.3. The van der Waals surface area contributed by atoms with E-state index in [0.717, 1.165) is 17.7 Å². The van der Waals surface area contributed by atoms with Crippen molar-refractivity contribution in [1.29, 1.82) is 0 Å². The summed E-state index contributed by atoms with van der Waals surface area (Å²) in [6.07, 6.45) is 3.89. The Morgan fingerprint density at radius 3 is 2.18 bits per heavy atom. The lowest BCUT2D eigenvalue weighted by molar-refractivity contribution is -0.136. The van der Waals surface area contributed by atoms with Crippen LogP contribution >= 0.6 is 0 Å². The number of likely N-dealkylation sites (N-methyl/N-ethyl adjacent to an activating group) is 1. The number of anilines is 1. The van der Waals surface area contributed by atoms with Gasteiger partial charge in [-0.1, -0.05) is 72.8 Å². The van der Waals surface area contributed by atoms with Crippen molar-refractivity contribution >= 4 is 23.4 Å². The Labute approximate surface area is 201 Å². The number of hydrogen-bond acceptors (Lipinski definition) is 4. The number of allylic oxidation sites excluding steroid dienone is 1. The van der Waals surface area contributed by atoms with Crippen molar-refractivity contribution in [3.63, 3.8) is 0 Å². The monoisotopic (exact) mass is 453 g/mol. The van der Waals surface area contributed by atoms with Crippen LogP contribution in [0.25, 0.3) is 5.57 Å². The normalized spacial score (nSPS) is 15.1. The molecule has 1 amide bonds. The fourth-order valence-corrected chi connectivity index (χ4v) is 4.79. The van der Waals surface area contributed by atoms with Gasteiger partial charge in [0.2, 0.25) is 0 Å². The zero-order valence-electron chi connectivity index (χ0n) is 20.1. The van der Waals surface area contributed by atoms with Crippen LogP contribution in [0.4, 0.5) is 5.69 Å². The Morgan fingerprint density at radius 1 is 1.03 bits per heavy atom. The number of carbonyl (C=O) groups is 1. The van der Waals surface area contributed by atoms with Gasteiger partial charge in [0.05, 0.1) is 11.8 Å². The number of nitrogens with one attached hydrogen (secondary N) is 1. The van der Waals surface area contributed by atoms with Crippen LogP contribution in [-0.4, -0.2) is 29.3 Å². The molecule has 0 radical (unpaired) electrons. The van der Waals surface area contributed by atoms with Gasteiger partial charge >= 0.3 is 0 Å². The topological polar surface area (TPSA) is 64.9 Å². The maximum absolute atomic E-state index is 13.2. The highest BCUT2D eigenvalue weighted by molar-refractivity contribution is 5.92. The SMILES string of the molecule is CCN1c2ccc(/C=N\NC(=O)C(O)(c3ccccc3)c3ccccc3)cc2C(C)=CC1(C)C. The summed E-state index contributed by atoms with van der Waals surface area (Å²) < 4.78 is 0. The number of nitrogens with zero attached hydrogens (tertiary/aromatic N) is 2. The molecule has 1 heterocycles. The van der Waals surface area contributed by atoms with Crippen LogP contribution in [0.5, 0.6) is 0 Å². The predicted molar refractivity (Wildman–Crippen MR) is 139 cm³/mol. The lowest BCUT2D eigenvalue weighted by atomic mass is 9.85. The minimum absolute atomic E-state index is 0.0469. The van der Waals surface area contributed by atoms with Crippen LogP contribution in [0, 0.1) is 0 Å². The van der Waals surface area contributed by atoms with E-state index in [4.69, 9.17) is 0 Å². The highest BCUT2D eigenvalue weighted by Gasteiger charge is 2.39. The molecular weight excluding hydrogens is 422 g/mol. The molecule has 0 fully saturated rings. The van der Waals surface area contributed by atoms with E-state index < -0.39 is 11.5 Å². The van der Waals surface area contributed by atoms with Crippen LogP contribution in [0.15, 0.2) is 90.0 Å². The maximum atomic E-state index is 13.2. The van der Waals surface area contributed by atoms with E-state index in [1.807, 2.05) is 18.2 Å². The van der Waals surface area contributed by atoms with Gasteiger partial charge < -0.3 is 10.0 Å². The molecule has 1 aliphatic heterocycles. The molecule has 0 aliphatic carbocycles.